The van der Waals surface area contributed by atoms with Crippen molar-refractivity contribution in [2.24, 2.45) is 0 Å². The molecule has 0 aliphatic carbocycles. The Bertz CT molecular complexity index is 391. The number of halogens is 1. The standard InChI is InChI=1S/C8H13ClN4O2/c1-12(2)11-6-5-10-13(3-4-14)8(15)7(6)9/h5,11,14H,3-4H2,1-2H3. The maximum atomic E-state index is 11.6. The van der Waals surface area contributed by atoms with Gasteiger partial charge in [-0.25, -0.2) is 9.69 Å². The van der Waals surface area contributed by atoms with E-state index >= 15 is 0 Å². The Hall–Kier alpha value is -1.11. The van der Waals surface area contributed by atoms with Crippen LogP contribution in [-0.2, 0) is 6.54 Å². The van der Waals surface area contributed by atoms with Crippen LogP contribution in [0.4, 0.5) is 5.69 Å². The van der Waals surface area contributed by atoms with E-state index in [0.29, 0.717) is 5.69 Å². The highest BCUT2D eigenvalue weighted by atomic mass is 35.5. The zero-order valence-electron chi connectivity index (χ0n) is 8.57. The molecular formula is C8H13ClN4O2. The Morgan fingerprint density at radius 3 is 2.87 bits per heavy atom. The first-order chi connectivity index (χ1) is 7.06. The van der Waals surface area contributed by atoms with Crippen LogP contribution in [0, 0.1) is 0 Å². The van der Waals surface area contributed by atoms with E-state index in [9.17, 15) is 4.79 Å². The lowest BCUT2D eigenvalue weighted by Gasteiger charge is -2.14. The average molecular weight is 233 g/mol. The molecule has 1 rings (SSSR count). The summed E-state index contributed by atoms with van der Waals surface area (Å²) in [6.07, 6.45) is 1.44. The number of rotatable bonds is 4. The van der Waals surface area contributed by atoms with Gasteiger partial charge in [-0.2, -0.15) is 5.10 Å². The molecule has 7 heteroatoms. The van der Waals surface area contributed by atoms with Crippen molar-refractivity contribution in [1.82, 2.24) is 14.8 Å². The van der Waals surface area contributed by atoms with E-state index in [0.717, 1.165) is 4.68 Å². The Morgan fingerprint density at radius 1 is 1.67 bits per heavy atom. The second-order valence-electron chi connectivity index (χ2n) is 3.13. The predicted molar refractivity (Wildman–Crippen MR) is 57.9 cm³/mol. The molecule has 0 aromatic carbocycles. The molecular weight excluding hydrogens is 220 g/mol. The quantitative estimate of drug-likeness (QED) is 0.703. The van der Waals surface area contributed by atoms with Crippen LogP contribution in [-0.4, -0.2) is 40.6 Å². The highest BCUT2D eigenvalue weighted by Crippen LogP contribution is 2.14. The number of anilines is 1. The van der Waals surface area contributed by atoms with Crippen LogP contribution in [0.1, 0.15) is 0 Å². The maximum absolute atomic E-state index is 11.6. The summed E-state index contributed by atoms with van der Waals surface area (Å²) in [6, 6.07) is 0. The van der Waals surface area contributed by atoms with Gasteiger partial charge in [0.2, 0.25) is 0 Å². The summed E-state index contributed by atoms with van der Waals surface area (Å²) >= 11 is 5.83. The molecule has 0 aliphatic heterocycles. The number of nitrogens with zero attached hydrogens (tertiary/aromatic N) is 3. The summed E-state index contributed by atoms with van der Waals surface area (Å²) in [5.74, 6) is 0. The van der Waals surface area contributed by atoms with Crippen LogP contribution in [0.3, 0.4) is 0 Å². The normalized spacial score (nSPS) is 10.7. The summed E-state index contributed by atoms with van der Waals surface area (Å²) in [6.45, 7) is -0.00944. The molecule has 0 amide bonds. The van der Waals surface area contributed by atoms with Gasteiger partial charge in [0.15, 0.2) is 0 Å². The maximum Gasteiger partial charge on any atom is 0.287 e. The molecule has 0 spiro atoms. The van der Waals surface area contributed by atoms with Crippen LogP contribution in [0.2, 0.25) is 5.02 Å². The summed E-state index contributed by atoms with van der Waals surface area (Å²) in [5, 5.41) is 14.2. The average Bonchev–Trinajstić information content (AvgIpc) is 2.17. The fourth-order valence-corrected chi connectivity index (χ4v) is 1.23. The molecule has 0 fully saturated rings. The van der Waals surface area contributed by atoms with Crippen LogP contribution < -0.4 is 11.0 Å². The van der Waals surface area contributed by atoms with E-state index < -0.39 is 5.56 Å². The lowest BCUT2D eigenvalue weighted by atomic mass is 10.4. The van der Waals surface area contributed by atoms with Crippen LogP contribution >= 0.6 is 11.6 Å². The molecule has 0 aliphatic rings. The Labute approximate surface area is 92.0 Å². The largest absolute Gasteiger partial charge is 0.394 e. The third kappa shape index (κ3) is 2.92. The molecule has 1 aromatic rings. The zero-order valence-corrected chi connectivity index (χ0v) is 9.32. The van der Waals surface area contributed by atoms with Crippen LogP contribution in [0.5, 0.6) is 0 Å². The number of aromatic nitrogens is 2. The SMILES string of the molecule is CN(C)Nc1cnn(CCO)c(=O)c1Cl. The van der Waals surface area contributed by atoms with Crippen molar-refractivity contribution in [3.05, 3.63) is 21.6 Å². The topological polar surface area (TPSA) is 70.4 Å². The van der Waals surface area contributed by atoms with Gasteiger partial charge < -0.3 is 10.5 Å². The van der Waals surface area contributed by atoms with Crippen molar-refractivity contribution >= 4 is 17.3 Å². The highest BCUT2D eigenvalue weighted by Gasteiger charge is 2.08. The Balaban J connectivity index is 3.04. The van der Waals surface area contributed by atoms with Gasteiger partial charge in [0.05, 0.1) is 25.0 Å². The van der Waals surface area contributed by atoms with E-state index in [1.165, 1.54) is 6.20 Å². The molecule has 1 aromatic heterocycles. The fourth-order valence-electron chi connectivity index (χ4n) is 1.04. The van der Waals surface area contributed by atoms with Crippen molar-refractivity contribution in [3.8, 4) is 0 Å². The van der Waals surface area contributed by atoms with E-state index in [4.69, 9.17) is 16.7 Å². The first kappa shape index (κ1) is 12.0. The number of aliphatic hydroxyl groups is 1. The highest BCUT2D eigenvalue weighted by molar-refractivity contribution is 6.32. The van der Waals surface area contributed by atoms with Crippen molar-refractivity contribution in [2.45, 2.75) is 6.54 Å². The van der Waals surface area contributed by atoms with Crippen LogP contribution in [0.25, 0.3) is 0 Å². The molecule has 0 unspecified atom stereocenters. The van der Waals surface area contributed by atoms with Gasteiger partial charge in [0.1, 0.15) is 5.02 Å². The van der Waals surface area contributed by atoms with Crippen molar-refractivity contribution < 1.29 is 5.11 Å². The van der Waals surface area contributed by atoms with E-state index in [2.05, 4.69) is 10.5 Å². The lowest BCUT2D eigenvalue weighted by Crippen LogP contribution is -2.28. The van der Waals surface area contributed by atoms with Crippen molar-refractivity contribution in [3.63, 3.8) is 0 Å². The third-order valence-electron chi connectivity index (χ3n) is 1.64. The lowest BCUT2D eigenvalue weighted by molar-refractivity contribution is 0.266. The minimum Gasteiger partial charge on any atom is -0.394 e. The molecule has 84 valence electrons. The summed E-state index contributed by atoms with van der Waals surface area (Å²) in [7, 11) is 3.55. The van der Waals surface area contributed by atoms with Gasteiger partial charge in [-0.15, -0.1) is 0 Å². The minimum absolute atomic E-state index is 0.0622. The summed E-state index contributed by atoms with van der Waals surface area (Å²) < 4.78 is 1.11. The second-order valence-corrected chi connectivity index (χ2v) is 3.51. The fraction of sp³-hybridized carbons (Fsp3) is 0.500. The monoisotopic (exact) mass is 232 g/mol. The summed E-state index contributed by atoms with van der Waals surface area (Å²) in [5.41, 5.74) is 2.87. The predicted octanol–water partition coefficient (Wildman–Crippen LogP) is -0.223. The molecule has 0 saturated heterocycles. The molecule has 0 bridgehead atoms. The van der Waals surface area contributed by atoms with E-state index in [1.54, 1.807) is 19.1 Å². The van der Waals surface area contributed by atoms with Gasteiger partial charge in [-0.3, -0.25) is 4.79 Å². The molecule has 0 radical (unpaired) electrons. The molecule has 2 N–H and O–H groups in total. The van der Waals surface area contributed by atoms with Gasteiger partial charge in [0, 0.05) is 14.1 Å². The molecule has 0 saturated carbocycles. The Kier molecular flexibility index (Phi) is 4.07. The molecule has 6 nitrogen and oxygen atoms in total. The van der Waals surface area contributed by atoms with Gasteiger partial charge in [-0.05, 0) is 0 Å². The van der Waals surface area contributed by atoms with E-state index in [1.807, 2.05) is 0 Å². The number of hydrazine groups is 1. The number of aliphatic hydroxyl groups excluding tert-OH is 1. The minimum atomic E-state index is -0.419. The summed E-state index contributed by atoms with van der Waals surface area (Å²) in [4.78, 5) is 11.6. The van der Waals surface area contributed by atoms with Crippen molar-refractivity contribution in [1.29, 1.82) is 0 Å². The smallest absolute Gasteiger partial charge is 0.287 e. The first-order valence-corrected chi connectivity index (χ1v) is 4.74. The second kappa shape index (κ2) is 5.11. The van der Waals surface area contributed by atoms with Gasteiger partial charge in [0.25, 0.3) is 5.56 Å². The number of hydrogen-bond donors (Lipinski definition) is 2. The molecule has 1 heterocycles. The first-order valence-electron chi connectivity index (χ1n) is 4.36. The van der Waals surface area contributed by atoms with Gasteiger partial charge >= 0.3 is 0 Å². The van der Waals surface area contributed by atoms with E-state index in [-0.39, 0.29) is 18.2 Å². The van der Waals surface area contributed by atoms with Crippen LogP contribution in [0.15, 0.2) is 11.0 Å². The molecule has 0 atom stereocenters. The number of hydrogen-bond acceptors (Lipinski definition) is 5. The third-order valence-corrected chi connectivity index (χ3v) is 2.01. The van der Waals surface area contributed by atoms with Crippen molar-refractivity contribution in [2.75, 3.05) is 26.1 Å². The number of nitrogens with one attached hydrogen (secondary N) is 1. The van der Waals surface area contributed by atoms with Gasteiger partial charge in [-0.1, -0.05) is 11.6 Å². The molecule has 15 heavy (non-hydrogen) atoms. The Morgan fingerprint density at radius 2 is 2.33 bits per heavy atom. The zero-order chi connectivity index (χ0) is 11.4.